The summed E-state index contributed by atoms with van der Waals surface area (Å²) in [7, 11) is 0. The molecule has 0 N–H and O–H groups in total. The van der Waals surface area contributed by atoms with Gasteiger partial charge in [0.2, 0.25) is 0 Å². The predicted molar refractivity (Wildman–Crippen MR) is 167 cm³/mol. The van der Waals surface area contributed by atoms with Crippen LogP contribution in [0.5, 0.6) is 11.5 Å². The van der Waals surface area contributed by atoms with Gasteiger partial charge in [0.1, 0.15) is 11.5 Å². The van der Waals surface area contributed by atoms with Gasteiger partial charge in [-0.3, -0.25) is 0 Å². The summed E-state index contributed by atoms with van der Waals surface area (Å²) in [6.07, 6.45) is 9.99. The maximum atomic E-state index is 6.39. The average molecular weight is 511 g/mol. The Kier molecular flexibility index (Phi) is 5.43. The first-order chi connectivity index (χ1) is 19.3. The average Bonchev–Trinajstić information content (AvgIpc) is 3.46. The summed E-state index contributed by atoms with van der Waals surface area (Å²) in [5.41, 5.74) is 1.53. The number of benzene rings is 5. The predicted octanol–water partition coefficient (Wildman–Crippen LogP) is 10.5. The molecule has 1 heterocycles. The van der Waals surface area contributed by atoms with Crippen LogP contribution in [0.1, 0.15) is 57.4 Å². The summed E-state index contributed by atoms with van der Waals surface area (Å²) >= 11 is 0. The number of hydrogen-bond donors (Lipinski definition) is 0. The van der Waals surface area contributed by atoms with Crippen molar-refractivity contribution in [3.63, 3.8) is 0 Å². The van der Waals surface area contributed by atoms with Gasteiger partial charge in [-0.15, -0.1) is 0 Å². The summed E-state index contributed by atoms with van der Waals surface area (Å²) in [5.74, 6) is 2.02. The van der Waals surface area contributed by atoms with E-state index >= 15 is 0 Å². The molecular weight excluding hydrogens is 476 g/mol. The number of ether oxygens (including phenoxy) is 2. The van der Waals surface area contributed by atoms with E-state index in [0.717, 1.165) is 30.9 Å². The first kappa shape index (κ1) is 23.1. The van der Waals surface area contributed by atoms with Gasteiger partial charge in [-0.2, -0.15) is 0 Å². The van der Waals surface area contributed by atoms with Gasteiger partial charge in [0.15, 0.2) is 0 Å². The number of rotatable bonds is 2. The van der Waals surface area contributed by atoms with Crippen molar-refractivity contribution in [2.45, 2.75) is 58.3 Å². The molecule has 0 aromatic heterocycles. The van der Waals surface area contributed by atoms with E-state index in [4.69, 9.17) is 9.47 Å². The molecule has 0 aliphatic carbocycles. The van der Waals surface area contributed by atoms with Gasteiger partial charge in [0.05, 0.1) is 13.2 Å². The van der Waals surface area contributed by atoms with Crippen LogP contribution in [0.15, 0.2) is 66.7 Å². The van der Waals surface area contributed by atoms with Gasteiger partial charge in [0.25, 0.3) is 0 Å². The van der Waals surface area contributed by atoms with Crippen LogP contribution in [0.3, 0.4) is 0 Å². The van der Waals surface area contributed by atoms with Crippen LogP contribution in [-0.2, 0) is 6.42 Å². The second-order valence-electron chi connectivity index (χ2n) is 11.4. The fraction of sp³-hybridized carbons (Fsp3) is 0.297. The zero-order valence-corrected chi connectivity index (χ0v) is 22.7. The van der Waals surface area contributed by atoms with Crippen molar-refractivity contribution >= 4 is 64.6 Å². The molecule has 1 aliphatic rings. The SMILES string of the molecule is CCOc1ccc2c3c4c5c(cc3c3cccc1c32)c1ccc(c2cccc5c21)OCCCCCCCCC4. The van der Waals surface area contributed by atoms with E-state index in [-0.39, 0.29) is 0 Å². The van der Waals surface area contributed by atoms with Crippen LogP contribution >= 0.6 is 0 Å². The van der Waals surface area contributed by atoms with Crippen molar-refractivity contribution in [2.24, 2.45) is 0 Å². The third-order valence-electron chi connectivity index (χ3n) is 9.18. The lowest BCUT2D eigenvalue weighted by Crippen LogP contribution is -1.98. The quantitative estimate of drug-likeness (QED) is 0.230. The molecule has 0 unspecified atom stereocenters. The van der Waals surface area contributed by atoms with Crippen molar-refractivity contribution in [3.05, 3.63) is 72.3 Å². The third kappa shape index (κ3) is 3.40. The molecule has 8 rings (SSSR count). The minimum Gasteiger partial charge on any atom is -0.493 e. The normalized spacial score (nSPS) is 15.7. The molecule has 0 saturated carbocycles. The van der Waals surface area contributed by atoms with Gasteiger partial charge < -0.3 is 9.47 Å². The second-order valence-corrected chi connectivity index (χ2v) is 11.4. The van der Waals surface area contributed by atoms with E-state index in [1.165, 1.54) is 109 Å². The Hall–Kier alpha value is -3.78. The lowest BCUT2D eigenvalue weighted by molar-refractivity contribution is 0.308. The van der Waals surface area contributed by atoms with Crippen LogP contribution in [0.4, 0.5) is 0 Å². The van der Waals surface area contributed by atoms with E-state index in [1.54, 1.807) is 0 Å². The summed E-state index contributed by atoms with van der Waals surface area (Å²) in [4.78, 5) is 0. The van der Waals surface area contributed by atoms with Gasteiger partial charge >= 0.3 is 0 Å². The van der Waals surface area contributed by atoms with Crippen LogP contribution in [0.2, 0.25) is 0 Å². The Balaban J connectivity index is 1.51. The van der Waals surface area contributed by atoms with Gasteiger partial charge in [-0.25, -0.2) is 0 Å². The first-order valence-electron chi connectivity index (χ1n) is 14.9. The second kappa shape index (κ2) is 9.16. The zero-order chi connectivity index (χ0) is 25.9. The monoisotopic (exact) mass is 510 g/mol. The van der Waals surface area contributed by atoms with Crippen molar-refractivity contribution in [3.8, 4) is 11.5 Å². The highest BCUT2D eigenvalue weighted by atomic mass is 16.5. The molecule has 2 heteroatoms. The molecule has 7 aromatic rings. The maximum absolute atomic E-state index is 6.39. The summed E-state index contributed by atoms with van der Waals surface area (Å²) in [6, 6.07) is 25.1. The van der Waals surface area contributed by atoms with Crippen molar-refractivity contribution in [2.75, 3.05) is 13.2 Å². The van der Waals surface area contributed by atoms with Crippen molar-refractivity contribution in [1.29, 1.82) is 0 Å². The molecule has 1 aliphatic heterocycles. The zero-order valence-electron chi connectivity index (χ0n) is 22.7. The summed E-state index contributed by atoms with van der Waals surface area (Å²) in [6.45, 7) is 3.55. The molecule has 194 valence electrons. The Morgan fingerprint density at radius 3 is 2.00 bits per heavy atom. The summed E-state index contributed by atoms with van der Waals surface area (Å²) in [5, 5.41) is 16.3. The van der Waals surface area contributed by atoms with E-state index in [1.807, 2.05) is 0 Å². The number of fused-ring (bicyclic) bond motifs is 5. The van der Waals surface area contributed by atoms with Crippen LogP contribution in [-0.4, -0.2) is 13.2 Å². The standard InChI is InChI=1S/C37H34O2/c1-2-38-32-20-18-29-34-23(13-10-14-25(32)34)30-22-31-24-17-19-33-26-15-11-16-28(35(24)26)36(31)27(37(29)30)12-8-6-4-3-5-7-9-21-39-33/h10-11,13-20,22H,2-9,12,21H2,1H3. The topological polar surface area (TPSA) is 18.5 Å². The molecule has 0 atom stereocenters. The highest BCUT2D eigenvalue weighted by Gasteiger charge is 2.23. The lowest BCUT2D eigenvalue weighted by Gasteiger charge is -2.11. The highest BCUT2D eigenvalue weighted by Crippen LogP contribution is 2.50. The molecule has 0 saturated heterocycles. The molecular formula is C37H34O2. The van der Waals surface area contributed by atoms with Crippen molar-refractivity contribution in [1.82, 2.24) is 0 Å². The molecule has 0 radical (unpaired) electrons. The maximum Gasteiger partial charge on any atom is 0.127 e. The molecule has 7 aromatic carbocycles. The first-order valence-corrected chi connectivity index (χ1v) is 14.9. The minimum absolute atomic E-state index is 0.678. The van der Waals surface area contributed by atoms with Crippen LogP contribution in [0, 0.1) is 0 Å². The van der Waals surface area contributed by atoms with Crippen LogP contribution in [0.25, 0.3) is 64.6 Å². The van der Waals surface area contributed by atoms with Gasteiger partial charge in [0, 0.05) is 21.5 Å². The van der Waals surface area contributed by atoms with E-state index in [2.05, 4.69) is 73.7 Å². The smallest absolute Gasteiger partial charge is 0.127 e. The molecule has 5 bridgehead atoms. The fourth-order valence-corrected chi connectivity index (χ4v) is 7.53. The molecule has 2 nitrogen and oxygen atoms in total. The Bertz CT molecular complexity index is 1980. The Labute approximate surface area is 229 Å². The van der Waals surface area contributed by atoms with Crippen LogP contribution < -0.4 is 9.47 Å². The molecule has 39 heavy (non-hydrogen) atoms. The third-order valence-corrected chi connectivity index (χ3v) is 9.18. The fourth-order valence-electron chi connectivity index (χ4n) is 7.53. The Morgan fingerprint density at radius 1 is 0.564 bits per heavy atom. The molecule has 0 amide bonds. The Morgan fingerprint density at radius 2 is 1.18 bits per heavy atom. The number of hydrogen-bond acceptors (Lipinski definition) is 2. The van der Waals surface area contributed by atoms with E-state index in [0.29, 0.717) is 6.61 Å². The molecule has 0 spiro atoms. The summed E-state index contributed by atoms with van der Waals surface area (Å²) < 4.78 is 12.5. The minimum atomic E-state index is 0.678. The largest absolute Gasteiger partial charge is 0.493 e. The van der Waals surface area contributed by atoms with Gasteiger partial charge in [-0.1, -0.05) is 74.6 Å². The van der Waals surface area contributed by atoms with E-state index in [9.17, 15) is 0 Å². The van der Waals surface area contributed by atoms with Gasteiger partial charge in [-0.05, 0) is 99.1 Å². The van der Waals surface area contributed by atoms with E-state index < -0.39 is 0 Å². The molecule has 0 fully saturated rings. The van der Waals surface area contributed by atoms with Crippen molar-refractivity contribution < 1.29 is 9.47 Å². The lowest BCUT2D eigenvalue weighted by atomic mass is 9.94. The number of aryl methyl sites for hydroxylation is 1. The highest BCUT2D eigenvalue weighted by molar-refractivity contribution is 6.39.